The van der Waals surface area contributed by atoms with Crippen LogP contribution in [0, 0.1) is 17.3 Å². The molecular formula is C12H12O2. The van der Waals surface area contributed by atoms with Gasteiger partial charge in [0, 0.05) is 12.3 Å². The molecule has 72 valence electrons. The van der Waals surface area contributed by atoms with Crippen LogP contribution >= 0.6 is 0 Å². The average molecular weight is 188 g/mol. The normalized spacial score (nSPS) is 44.3. The first-order chi connectivity index (χ1) is 6.72. The summed E-state index contributed by atoms with van der Waals surface area (Å²) in [6.07, 6.45) is 9.89. The average Bonchev–Trinajstić information content (AvgIpc) is 2.19. The van der Waals surface area contributed by atoms with Gasteiger partial charge in [-0.3, -0.25) is 9.59 Å². The smallest absolute Gasteiger partial charge is 0.159 e. The molecule has 2 bridgehead atoms. The van der Waals surface area contributed by atoms with E-state index in [4.69, 9.17) is 0 Å². The number of Topliss-reactive ketones (excluding diaryl/α,β-unsaturated/α-hetero) is 1. The third-order valence-corrected chi connectivity index (χ3v) is 3.87. The van der Waals surface area contributed by atoms with Crippen LogP contribution < -0.4 is 0 Å². The van der Waals surface area contributed by atoms with Crippen LogP contribution in [0.25, 0.3) is 0 Å². The first-order valence-corrected chi connectivity index (χ1v) is 5.15. The van der Waals surface area contributed by atoms with Gasteiger partial charge in [-0.25, -0.2) is 0 Å². The minimum atomic E-state index is -0.444. The van der Waals surface area contributed by atoms with Crippen molar-refractivity contribution in [1.82, 2.24) is 0 Å². The van der Waals surface area contributed by atoms with E-state index in [1.54, 1.807) is 6.08 Å². The fourth-order valence-electron chi connectivity index (χ4n) is 3.06. The molecule has 0 N–H and O–H groups in total. The Bertz CT molecular complexity index is 378. The molecule has 4 rings (SSSR count). The zero-order chi connectivity index (χ0) is 9.76. The SMILES string of the molecule is O=C1C=CC[C@@]23C=C[C@@H](CC2=O)C[C@H]13. The summed E-state index contributed by atoms with van der Waals surface area (Å²) in [5, 5.41) is 0. The maximum Gasteiger partial charge on any atom is 0.159 e. The fourth-order valence-corrected chi connectivity index (χ4v) is 3.06. The van der Waals surface area contributed by atoms with Gasteiger partial charge in [-0.15, -0.1) is 0 Å². The van der Waals surface area contributed by atoms with Gasteiger partial charge in [0.1, 0.15) is 5.78 Å². The Labute approximate surface area is 82.7 Å². The number of rotatable bonds is 0. The molecule has 0 aromatic rings. The van der Waals surface area contributed by atoms with Gasteiger partial charge in [-0.2, -0.15) is 0 Å². The molecule has 0 radical (unpaired) electrons. The maximum atomic E-state index is 11.9. The summed E-state index contributed by atoms with van der Waals surface area (Å²) in [6, 6.07) is 0. The topological polar surface area (TPSA) is 34.1 Å². The standard InChI is InChI=1S/C12H12O2/c13-10-2-1-4-12-5-3-8(6-9(10)12)7-11(12)14/h1-3,5,8-9H,4,6-7H2/t8-,9-,12+/m1/s1. The Balaban J connectivity index is 2.16. The van der Waals surface area contributed by atoms with Gasteiger partial charge in [-0.05, 0) is 24.8 Å². The third-order valence-electron chi connectivity index (χ3n) is 3.87. The van der Waals surface area contributed by atoms with E-state index in [9.17, 15) is 9.59 Å². The van der Waals surface area contributed by atoms with Crippen LogP contribution in [0.5, 0.6) is 0 Å². The lowest BCUT2D eigenvalue weighted by molar-refractivity contribution is -0.141. The van der Waals surface area contributed by atoms with Crippen molar-refractivity contribution in [2.45, 2.75) is 19.3 Å². The number of hydrogen-bond acceptors (Lipinski definition) is 2. The quantitative estimate of drug-likeness (QED) is 0.542. The van der Waals surface area contributed by atoms with E-state index in [0.29, 0.717) is 12.3 Å². The van der Waals surface area contributed by atoms with E-state index < -0.39 is 5.41 Å². The van der Waals surface area contributed by atoms with E-state index in [-0.39, 0.29) is 17.5 Å². The molecule has 4 aliphatic carbocycles. The number of allylic oxidation sites excluding steroid dienone is 4. The van der Waals surface area contributed by atoms with E-state index in [1.165, 1.54) is 0 Å². The molecule has 0 aliphatic heterocycles. The summed E-state index contributed by atoms with van der Waals surface area (Å²) in [7, 11) is 0. The summed E-state index contributed by atoms with van der Waals surface area (Å²) in [4.78, 5) is 23.6. The van der Waals surface area contributed by atoms with Gasteiger partial charge < -0.3 is 0 Å². The molecule has 0 saturated heterocycles. The largest absolute Gasteiger partial charge is 0.299 e. The van der Waals surface area contributed by atoms with Crippen molar-refractivity contribution in [3.8, 4) is 0 Å². The highest BCUT2D eigenvalue weighted by atomic mass is 16.1. The summed E-state index contributed by atoms with van der Waals surface area (Å²) >= 11 is 0. The van der Waals surface area contributed by atoms with E-state index >= 15 is 0 Å². The predicted octanol–water partition coefficient (Wildman–Crippen LogP) is 1.67. The molecule has 0 aromatic carbocycles. The summed E-state index contributed by atoms with van der Waals surface area (Å²) in [5.74, 6) is 0.700. The van der Waals surface area contributed by atoms with E-state index in [2.05, 4.69) is 6.08 Å². The van der Waals surface area contributed by atoms with Crippen molar-refractivity contribution in [3.05, 3.63) is 24.3 Å². The number of hydrogen-bond donors (Lipinski definition) is 0. The van der Waals surface area contributed by atoms with Gasteiger partial charge in [0.2, 0.25) is 0 Å². The Kier molecular flexibility index (Phi) is 1.42. The summed E-state index contributed by atoms with van der Waals surface area (Å²) in [6.45, 7) is 0. The van der Waals surface area contributed by atoms with Crippen LogP contribution in [0.1, 0.15) is 19.3 Å². The molecule has 4 aliphatic rings. The lowest BCUT2D eigenvalue weighted by atomic mass is 9.54. The fraction of sp³-hybridized carbons (Fsp3) is 0.500. The molecule has 2 nitrogen and oxygen atoms in total. The van der Waals surface area contributed by atoms with Crippen molar-refractivity contribution < 1.29 is 9.59 Å². The monoisotopic (exact) mass is 188 g/mol. The molecule has 14 heavy (non-hydrogen) atoms. The zero-order valence-electron chi connectivity index (χ0n) is 7.90. The molecule has 0 unspecified atom stereocenters. The van der Waals surface area contributed by atoms with Gasteiger partial charge in [0.15, 0.2) is 5.78 Å². The minimum absolute atomic E-state index is 0.0521. The van der Waals surface area contributed by atoms with E-state index in [1.807, 2.05) is 12.2 Å². The summed E-state index contributed by atoms with van der Waals surface area (Å²) < 4.78 is 0. The number of carbonyl (C=O) groups is 2. The van der Waals surface area contributed by atoms with Crippen LogP contribution in [0.3, 0.4) is 0 Å². The van der Waals surface area contributed by atoms with Crippen molar-refractivity contribution in [2.24, 2.45) is 17.3 Å². The maximum absolute atomic E-state index is 11.9. The number of ketones is 2. The van der Waals surface area contributed by atoms with Crippen molar-refractivity contribution in [1.29, 1.82) is 0 Å². The first kappa shape index (κ1) is 8.16. The van der Waals surface area contributed by atoms with Crippen LogP contribution in [0.4, 0.5) is 0 Å². The van der Waals surface area contributed by atoms with Gasteiger partial charge in [-0.1, -0.05) is 18.2 Å². The van der Waals surface area contributed by atoms with Crippen LogP contribution in [-0.2, 0) is 9.59 Å². The second-order valence-electron chi connectivity index (χ2n) is 4.58. The van der Waals surface area contributed by atoms with Crippen LogP contribution in [-0.4, -0.2) is 11.6 Å². The molecule has 1 spiro atoms. The Hall–Kier alpha value is -1.18. The molecule has 0 amide bonds. The second kappa shape index (κ2) is 2.44. The highest BCUT2D eigenvalue weighted by Crippen LogP contribution is 2.51. The Morgan fingerprint density at radius 1 is 1.36 bits per heavy atom. The van der Waals surface area contributed by atoms with Gasteiger partial charge in [0.25, 0.3) is 0 Å². The van der Waals surface area contributed by atoms with Crippen molar-refractivity contribution in [2.75, 3.05) is 0 Å². The Morgan fingerprint density at radius 2 is 2.21 bits per heavy atom. The number of carbonyl (C=O) groups excluding carboxylic acids is 2. The molecule has 1 fully saturated rings. The van der Waals surface area contributed by atoms with Crippen LogP contribution in [0.15, 0.2) is 24.3 Å². The molecule has 0 heterocycles. The van der Waals surface area contributed by atoms with Gasteiger partial charge >= 0.3 is 0 Å². The van der Waals surface area contributed by atoms with Crippen LogP contribution in [0.2, 0.25) is 0 Å². The summed E-state index contributed by atoms with van der Waals surface area (Å²) in [5.41, 5.74) is -0.444. The van der Waals surface area contributed by atoms with E-state index in [0.717, 1.165) is 12.8 Å². The number of fused-ring (bicyclic) bond motifs is 1. The molecule has 0 aromatic heterocycles. The predicted molar refractivity (Wildman–Crippen MR) is 51.6 cm³/mol. The zero-order valence-corrected chi connectivity index (χ0v) is 7.90. The molecule has 2 heteroatoms. The Morgan fingerprint density at radius 3 is 2.93 bits per heavy atom. The third kappa shape index (κ3) is 0.813. The minimum Gasteiger partial charge on any atom is -0.299 e. The first-order valence-electron chi connectivity index (χ1n) is 5.15. The second-order valence-corrected chi connectivity index (χ2v) is 4.58. The lowest BCUT2D eigenvalue weighted by Gasteiger charge is -2.46. The highest BCUT2D eigenvalue weighted by molar-refractivity contribution is 6.02. The molecule has 1 saturated carbocycles. The van der Waals surface area contributed by atoms with Crippen molar-refractivity contribution >= 4 is 11.6 Å². The molecule has 3 atom stereocenters. The lowest BCUT2D eigenvalue weighted by Crippen LogP contribution is -2.50. The van der Waals surface area contributed by atoms with Gasteiger partial charge in [0.05, 0.1) is 5.41 Å². The molecular weight excluding hydrogens is 176 g/mol. The van der Waals surface area contributed by atoms with Crippen molar-refractivity contribution in [3.63, 3.8) is 0 Å². The highest BCUT2D eigenvalue weighted by Gasteiger charge is 2.53.